The highest BCUT2D eigenvalue weighted by Crippen LogP contribution is 2.32. The monoisotopic (exact) mass is 300 g/mol. The van der Waals surface area contributed by atoms with E-state index in [-0.39, 0.29) is 10.0 Å². The molecule has 0 fully saturated rings. The Kier molecular flexibility index (Phi) is 3.93. The minimum Gasteiger partial charge on any atom is -0.192 e. The lowest BCUT2D eigenvalue weighted by Gasteiger charge is -2.08. The summed E-state index contributed by atoms with van der Waals surface area (Å²) in [5.41, 5.74) is -0.626. The van der Waals surface area contributed by atoms with Gasteiger partial charge in [-0.1, -0.05) is 22.0 Å². The van der Waals surface area contributed by atoms with Crippen molar-refractivity contribution in [3.8, 4) is 12.1 Å². The molecule has 1 aromatic carbocycles. The molecule has 2 nitrogen and oxygen atoms in total. The van der Waals surface area contributed by atoms with Gasteiger partial charge in [0.2, 0.25) is 0 Å². The molecule has 86 valence electrons. The maximum Gasteiger partial charge on any atom is 0.416 e. The number of hydrogen-bond acceptors (Lipinski definition) is 2. The van der Waals surface area contributed by atoms with Crippen LogP contribution in [-0.2, 0) is 6.18 Å². The van der Waals surface area contributed by atoms with E-state index in [2.05, 4.69) is 15.9 Å². The topological polar surface area (TPSA) is 47.6 Å². The van der Waals surface area contributed by atoms with E-state index in [1.165, 1.54) is 12.1 Å². The summed E-state index contributed by atoms with van der Waals surface area (Å²) in [7, 11) is 0. The van der Waals surface area contributed by atoms with Gasteiger partial charge in [0.25, 0.3) is 0 Å². The van der Waals surface area contributed by atoms with Crippen LogP contribution in [0.2, 0.25) is 0 Å². The number of hydrogen-bond donors (Lipinski definition) is 0. The molecule has 0 bridgehead atoms. The van der Waals surface area contributed by atoms with Gasteiger partial charge in [-0.05, 0) is 23.8 Å². The van der Waals surface area contributed by atoms with Crippen LogP contribution in [0.15, 0.2) is 28.2 Å². The second-order valence-electron chi connectivity index (χ2n) is 3.02. The number of allylic oxidation sites excluding steroid dienone is 1. The molecule has 0 aliphatic rings. The largest absolute Gasteiger partial charge is 0.416 e. The van der Waals surface area contributed by atoms with Crippen LogP contribution < -0.4 is 0 Å². The maximum absolute atomic E-state index is 12.4. The van der Waals surface area contributed by atoms with E-state index in [4.69, 9.17) is 10.5 Å². The molecule has 0 saturated heterocycles. The lowest BCUT2D eigenvalue weighted by atomic mass is 10.1. The molecule has 0 heterocycles. The van der Waals surface area contributed by atoms with Gasteiger partial charge >= 0.3 is 6.18 Å². The van der Waals surface area contributed by atoms with Gasteiger partial charge in [0.1, 0.15) is 17.7 Å². The highest BCUT2D eigenvalue weighted by Gasteiger charge is 2.30. The minimum atomic E-state index is -4.42. The summed E-state index contributed by atoms with van der Waals surface area (Å²) in [5, 5.41) is 17.1. The van der Waals surface area contributed by atoms with Crippen molar-refractivity contribution in [1.82, 2.24) is 0 Å². The fourth-order valence-electron chi connectivity index (χ4n) is 1.07. The first-order chi connectivity index (χ1) is 7.88. The van der Waals surface area contributed by atoms with Crippen molar-refractivity contribution in [2.75, 3.05) is 0 Å². The van der Waals surface area contributed by atoms with E-state index >= 15 is 0 Å². The standard InChI is InChI=1S/C11H4BrF3N2/c12-10-4-9(11(13,14)15)2-1-8(10)3-7(5-16)6-17/h1-4H. The molecule has 0 aliphatic carbocycles. The van der Waals surface area contributed by atoms with Gasteiger partial charge in [-0.2, -0.15) is 23.7 Å². The molecule has 0 amide bonds. The zero-order valence-electron chi connectivity index (χ0n) is 8.22. The van der Waals surface area contributed by atoms with Crippen molar-refractivity contribution in [2.24, 2.45) is 0 Å². The first kappa shape index (κ1) is 13.3. The van der Waals surface area contributed by atoms with Gasteiger partial charge in [-0.3, -0.25) is 0 Å². The maximum atomic E-state index is 12.4. The predicted octanol–water partition coefficient (Wildman–Crippen LogP) is 3.90. The normalized spacial score (nSPS) is 10.2. The molecular weight excluding hydrogens is 297 g/mol. The summed E-state index contributed by atoms with van der Waals surface area (Å²) >= 11 is 2.96. The van der Waals surface area contributed by atoms with Gasteiger partial charge < -0.3 is 0 Å². The minimum absolute atomic E-state index is 0.176. The first-order valence-electron chi connectivity index (χ1n) is 4.27. The summed E-state index contributed by atoms with van der Waals surface area (Å²) in [6, 6.07) is 6.25. The molecule has 0 unspecified atom stereocenters. The highest BCUT2D eigenvalue weighted by molar-refractivity contribution is 9.10. The van der Waals surface area contributed by atoms with Crippen LogP contribution in [0.1, 0.15) is 11.1 Å². The third kappa shape index (κ3) is 3.33. The van der Waals surface area contributed by atoms with E-state index in [1.54, 1.807) is 12.1 Å². The SMILES string of the molecule is N#CC(C#N)=Cc1ccc(C(F)(F)F)cc1Br. The fraction of sp³-hybridized carbons (Fsp3) is 0.0909. The number of nitriles is 2. The van der Waals surface area contributed by atoms with E-state index in [1.807, 2.05) is 0 Å². The van der Waals surface area contributed by atoms with Gasteiger partial charge in [0, 0.05) is 4.47 Å². The summed E-state index contributed by atoms with van der Waals surface area (Å²) in [6.07, 6.45) is -3.21. The Balaban J connectivity index is 3.22. The summed E-state index contributed by atoms with van der Waals surface area (Å²) < 4.78 is 37.2. The lowest BCUT2D eigenvalue weighted by Crippen LogP contribution is -2.04. The molecule has 0 spiro atoms. The average Bonchev–Trinajstić information content (AvgIpc) is 2.26. The number of benzene rings is 1. The van der Waals surface area contributed by atoms with E-state index in [0.717, 1.165) is 12.1 Å². The molecule has 6 heteroatoms. The molecule has 0 aromatic heterocycles. The third-order valence-electron chi connectivity index (χ3n) is 1.87. The molecule has 0 saturated carbocycles. The van der Waals surface area contributed by atoms with Crippen LogP contribution in [0.3, 0.4) is 0 Å². The van der Waals surface area contributed by atoms with Crippen LogP contribution in [0, 0.1) is 22.7 Å². The smallest absolute Gasteiger partial charge is 0.192 e. The van der Waals surface area contributed by atoms with E-state index in [0.29, 0.717) is 5.56 Å². The van der Waals surface area contributed by atoms with E-state index in [9.17, 15) is 13.2 Å². The highest BCUT2D eigenvalue weighted by atomic mass is 79.9. The van der Waals surface area contributed by atoms with Crippen molar-refractivity contribution < 1.29 is 13.2 Å². The van der Waals surface area contributed by atoms with Crippen LogP contribution in [0.5, 0.6) is 0 Å². The van der Waals surface area contributed by atoms with Crippen molar-refractivity contribution in [1.29, 1.82) is 10.5 Å². The molecule has 1 aromatic rings. The zero-order chi connectivity index (χ0) is 13.1. The fourth-order valence-corrected chi connectivity index (χ4v) is 1.56. The van der Waals surface area contributed by atoms with Crippen molar-refractivity contribution in [2.45, 2.75) is 6.18 Å². The molecule has 0 atom stereocenters. The molecule has 1 rings (SSSR count). The number of rotatable bonds is 1. The zero-order valence-corrected chi connectivity index (χ0v) is 9.80. The number of nitrogens with zero attached hydrogens (tertiary/aromatic N) is 2. The van der Waals surface area contributed by atoms with E-state index < -0.39 is 11.7 Å². The summed E-state index contributed by atoms with van der Waals surface area (Å²) in [5.74, 6) is 0. The summed E-state index contributed by atoms with van der Waals surface area (Å²) in [6.45, 7) is 0. The second-order valence-corrected chi connectivity index (χ2v) is 3.87. The number of halogens is 4. The third-order valence-corrected chi connectivity index (χ3v) is 2.56. The Morgan fingerprint density at radius 3 is 2.24 bits per heavy atom. The van der Waals surface area contributed by atoms with Crippen LogP contribution in [-0.4, -0.2) is 0 Å². The molecule has 0 N–H and O–H groups in total. The molecule has 0 radical (unpaired) electrons. The summed E-state index contributed by atoms with van der Waals surface area (Å²) in [4.78, 5) is 0. The first-order valence-corrected chi connectivity index (χ1v) is 5.06. The number of alkyl halides is 3. The Morgan fingerprint density at radius 2 is 1.82 bits per heavy atom. The van der Waals surface area contributed by atoms with Crippen molar-refractivity contribution in [3.63, 3.8) is 0 Å². The predicted molar refractivity (Wildman–Crippen MR) is 58.3 cm³/mol. The van der Waals surface area contributed by atoms with Gasteiger partial charge in [-0.15, -0.1) is 0 Å². The molecule has 17 heavy (non-hydrogen) atoms. The average molecular weight is 301 g/mol. The van der Waals surface area contributed by atoms with Crippen LogP contribution in [0.25, 0.3) is 6.08 Å². The lowest BCUT2D eigenvalue weighted by molar-refractivity contribution is -0.137. The Bertz CT molecular complexity index is 531. The van der Waals surface area contributed by atoms with Crippen molar-refractivity contribution in [3.05, 3.63) is 39.4 Å². The molecule has 0 aliphatic heterocycles. The van der Waals surface area contributed by atoms with Gasteiger partial charge in [0.15, 0.2) is 0 Å². The van der Waals surface area contributed by atoms with Gasteiger partial charge in [0.05, 0.1) is 5.56 Å². The Hall–Kier alpha value is -1.79. The quantitative estimate of drug-likeness (QED) is 0.739. The van der Waals surface area contributed by atoms with Crippen LogP contribution >= 0.6 is 15.9 Å². The Labute approximate surface area is 104 Å². The molecular formula is C11H4BrF3N2. The second kappa shape index (κ2) is 5.03. The van der Waals surface area contributed by atoms with Gasteiger partial charge in [-0.25, -0.2) is 0 Å². The van der Waals surface area contributed by atoms with Crippen LogP contribution in [0.4, 0.5) is 13.2 Å². The van der Waals surface area contributed by atoms with Crippen molar-refractivity contribution >= 4 is 22.0 Å². The Morgan fingerprint density at radius 1 is 1.24 bits per heavy atom.